The SMILES string of the molecule is CCNc1nc(NCCC2CCC2)nc(OCC)n1. The molecule has 6 heteroatoms. The van der Waals surface area contributed by atoms with E-state index in [9.17, 15) is 0 Å². The van der Waals surface area contributed by atoms with E-state index in [1.807, 2.05) is 13.8 Å². The van der Waals surface area contributed by atoms with Crippen LogP contribution in [-0.2, 0) is 0 Å². The van der Waals surface area contributed by atoms with Crippen LogP contribution in [0.3, 0.4) is 0 Å². The molecule has 1 aromatic rings. The molecule has 0 radical (unpaired) electrons. The number of nitrogens with zero attached hydrogens (tertiary/aromatic N) is 3. The minimum Gasteiger partial charge on any atom is -0.464 e. The van der Waals surface area contributed by atoms with E-state index in [2.05, 4.69) is 25.6 Å². The Morgan fingerprint density at radius 1 is 1.11 bits per heavy atom. The molecule has 0 spiro atoms. The highest BCUT2D eigenvalue weighted by Gasteiger charge is 2.16. The Labute approximate surface area is 114 Å². The maximum atomic E-state index is 5.35. The summed E-state index contributed by atoms with van der Waals surface area (Å²) in [6, 6.07) is 0.375. The molecule has 0 amide bonds. The second-order valence-electron chi connectivity index (χ2n) is 4.74. The maximum Gasteiger partial charge on any atom is 0.323 e. The van der Waals surface area contributed by atoms with Gasteiger partial charge in [-0.05, 0) is 26.2 Å². The van der Waals surface area contributed by atoms with Crippen molar-refractivity contribution in [2.24, 2.45) is 5.92 Å². The normalized spacial score (nSPS) is 14.8. The number of ether oxygens (including phenoxy) is 1. The van der Waals surface area contributed by atoms with E-state index in [1.54, 1.807) is 0 Å². The lowest BCUT2D eigenvalue weighted by Gasteiger charge is -2.25. The summed E-state index contributed by atoms with van der Waals surface area (Å²) in [5.41, 5.74) is 0. The van der Waals surface area contributed by atoms with E-state index >= 15 is 0 Å². The Kier molecular flexibility index (Phi) is 5.18. The molecule has 1 aromatic heterocycles. The summed E-state index contributed by atoms with van der Waals surface area (Å²) in [5.74, 6) is 2.04. The number of rotatable bonds is 8. The molecule has 1 aliphatic carbocycles. The number of nitrogens with one attached hydrogen (secondary N) is 2. The van der Waals surface area contributed by atoms with Gasteiger partial charge in [-0.2, -0.15) is 15.0 Å². The number of aromatic nitrogens is 3. The summed E-state index contributed by atoms with van der Waals surface area (Å²) in [6.07, 6.45) is 5.30. The van der Waals surface area contributed by atoms with Gasteiger partial charge in [-0.3, -0.25) is 0 Å². The van der Waals surface area contributed by atoms with Crippen LogP contribution in [0.2, 0.25) is 0 Å². The first kappa shape index (κ1) is 13.8. The van der Waals surface area contributed by atoms with Crippen molar-refractivity contribution < 1.29 is 4.74 Å². The molecule has 0 atom stereocenters. The lowest BCUT2D eigenvalue weighted by atomic mass is 9.83. The molecule has 19 heavy (non-hydrogen) atoms. The predicted molar refractivity (Wildman–Crippen MR) is 75.6 cm³/mol. The zero-order chi connectivity index (χ0) is 13.5. The minimum absolute atomic E-state index is 0.375. The highest BCUT2D eigenvalue weighted by molar-refractivity contribution is 5.35. The van der Waals surface area contributed by atoms with Crippen LogP contribution in [0.5, 0.6) is 6.01 Å². The fourth-order valence-electron chi connectivity index (χ4n) is 2.04. The lowest BCUT2D eigenvalue weighted by Crippen LogP contribution is -2.17. The molecular weight excluding hydrogens is 242 g/mol. The predicted octanol–water partition coefficient (Wildman–Crippen LogP) is 2.30. The second kappa shape index (κ2) is 7.11. The van der Waals surface area contributed by atoms with E-state index in [-0.39, 0.29) is 0 Å². The van der Waals surface area contributed by atoms with Crippen molar-refractivity contribution in [3.8, 4) is 6.01 Å². The van der Waals surface area contributed by atoms with Crippen LogP contribution in [-0.4, -0.2) is 34.6 Å². The van der Waals surface area contributed by atoms with Gasteiger partial charge in [-0.25, -0.2) is 0 Å². The zero-order valence-electron chi connectivity index (χ0n) is 11.8. The van der Waals surface area contributed by atoms with Crippen molar-refractivity contribution in [2.75, 3.05) is 30.3 Å². The summed E-state index contributed by atoms with van der Waals surface area (Å²) < 4.78 is 5.35. The van der Waals surface area contributed by atoms with Gasteiger partial charge in [0.15, 0.2) is 0 Å². The lowest BCUT2D eigenvalue weighted by molar-refractivity contribution is 0.302. The highest BCUT2D eigenvalue weighted by atomic mass is 16.5. The molecule has 1 saturated carbocycles. The molecule has 0 unspecified atom stereocenters. The van der Waals surface area contributed by atoms with Gasteiger partial charge in [0.25, 0.3) is 0 Å². The van der Waals surface area contributed by atoms with Crippen molar-refractivity contribution >= 4 is 11.9 Å². The van der Waals surface area contributed by atoms with Gasteiger partial charge in [0, 0.05) is 13.1 Å². The molecule has 0 aromatic carbocycles. The minimum atomic E-state index is 0.375. The van der Waals surface area contributed by atoms with E-state index in [1.165, 1.54) is 25.7 Å². The van der Waals surface area contributed by atoms with Crippen LogP contribution in [0.4, 0.5) is 11.9 Å². The van der Waals surface area contributed by atoms with Crippen LogP contribution >= 0.6 is 0 Å². The van der Waals surface area contributed by atoms with Crippen LogP contribution in [0.25, 0.3) is 0 Å². The van der Waals surface area contributed by atoms with Gasteiger partial charge in [0.2, 0.25) is 11.9 Å². The number of hydrogen-bond donors (Lipinski definition) is 2. The first-order valence-corrected chi connectivity index (χ1v) is 7.18. The van der Waals surface area contributed by atoms with Crippen LogP contribution < -0.4 is 15.4 Å². The number of anilines is 2. The van der Waals surface area contributed by atoms with Crippen molar-refractivity contribution in [1.29, 1.82) is 0 Å². The monoisotopic (exact) mass is 265 g/mol. The molecule has 2 rings (SSSR count). The first-order chi connectivity index (χ1) is 9.31. The highest BCUT2D eigenvalue weighted by Crippen LogP contribution is 2.29. The molecule has 6 nitrogen and oxygen atoms in total. The smallest absolute Gasteiger partial charge is 0.323 e. The third-order valence-corrected chi connectivity index (χ3v) is 3.28. The van der Waals surface area contributed by atoms with E-state index < -0.39 is 0 Å². The Morgan fingerprint density at radius 2 is 1.84 bits per heavy atom. The summed E-state index contributed by atoms with van der Waals surface area (Å²) in [5, 5.41) is 6.35. The van der Waals surface area contributed by atoms with Gasteiger partial charge < -0.3 is 15.4 Å². The Bertz CT molecular complexity index is 370. The van der Waals surface area contributed by atoms with Gasteiger partial charge in [-0.15, -0.1) is 0 Å². The fraction of sp³-hybridized carbons (Fsp3) is 0.769. The van der Waals surface area contributed by atoms with Crippen LogP contribution in [0.1, 0.15) is 39.5 Å². The molecule has 106 valence electrons. The summed E-state index contributed by atoms with van der Waals surface area (Å²) in [7, 11) is 0. The molecule has 0 aliphatic heterocycles. The molecule has 0 saturated heterocycles. The van der Waals surface area contributed by atoms with Crippen molar-refractivity contribution in [1.82, 2.24) is 15.0 Å². The van der Waals surface area contributed by atoms with Gasteiger partial charge in [0.1, 0.15) is 0 Å². The van der Waals surface area contributed by atoms with Gasteiger partial charge in [0.05, 0.1) is 6.61 Å². The fourth-order valence-corrected chi connectivity index (χ4v) is 2.04. The molecular formula is C13H23N5O. The summed E-state index contributed by atoms with van der Waals surface area (Å²) >= 11 is 0. The molecule has 1 heterocycles. The van der Waals surface area contributed by atoms with E-state index in [4.69, 9.17) is 4.74 Å². The Hall–Kier alpha value is -1.59. The molecule has 1 fully saturated rings. The van der Waals surface area contributed by atoms with Gasteiger partial charge >= 0.3 is 6.01 Å². The topological polar surface area (TPSA) is 72.0 Å². The van der Waals surface area contributed by atoms with E-state index in [0.717, 1.165) is 19.0 Å². The quantitative estimate of drug-likeness (QED) is 0.751. The maximum absolute atomic E-state index is 5.35. The Balaban J connectivity index is 1.92. The summed E-state index contributed by atoms with van der Waals surface area (Å²) in [6.45, 7) is 6.16. The second-order valence-corrected chi connectivity index (χ2v) is 4.74. The molecule has 1 aliphatic rings. The van der Waals surface area contributed by atoms with Crippen molar-refractivity contribution in [3.05, 3.63) is 0 Å². The van der Waals surface area contributed by atoms with Crippen molar-refractivity contribution in [2.45, 2.75) is 39.5 Å². The Morgan fingerprint density at radius 3 is 2.42 bits per heavy atom. The molecule has 2 N–H and O–H groups in total. The zero-order valence-corrected chi connectivity index (χ0v) is 11.8. The summed E-state index contributed by atoms with van der Waals surface area (Å²) in [4.78, 5) is 12.8. The van der Waals surface area contributed by atoms with Crippen molar-refractivity contribution in [3.63, 3.8) is 0 Å². The molecule has 0 bridgehead atoms. The third kappa shape index (κ3) is 4.22. The standard InChI is InChI=1S/C13H23N5O/c1-3-14-11-16-12(18-13(17-11)19-4-2)15-9-8-10-6-5-7-10/h10H,3-9H2,1-2H3,(H2,14,15,16,17,18). The average molecular weight is 265 g/mol. The van der Waals surface area contributed by atoms with E-state index in [0.29, 0.717) is 24.5 Å². The van der Waals surface area contributed by atoms with Gasteiger partial charge in [-0.1, -0.05) is 19.3 Å². The first-order valence-electron chi connectivity index (χ1n) is 7.18. The van der Waals surface area contributed by atoms with Crippen LogP contribution in [0, 0.1) is 5.92 Å². The van der Waals surface area contributed by atoms with Crippen LogP contribution in [0.15, 0.2) is 0 Å². The number of hydrogen-bond acceptors (Lipinski definition) is 6. The largest absolute Gasteiger partial charge is 0.464 e. The average Bonchev–Trinajstić information content (AvgIpc) is 2.33. The third-order valence-electron chi connectivity index (χ3n) is 3.28.